The summed E-state index contributed by atoms with van der Waals surface area (Å²) in [7, 11) is 1.79. The molecule has 1 atom stereocenters. The number of piperazine rings is 1. The second-order valence-corrected chi connectivity index (χ2v) is 10.7. The summed E-state index contributed by atoms with van der Waals surface area (Å²) in [4.78, 5) is 33.8. The number of likely N-dealkylation sites (N-methyl/N-ethyl adjacent to an activating group) is 1. The van der Waals surface area contributed by atoms with Crippen LogP contribution in [0.2, 0.25) is 5.02 Å². The number of benzene rings is 2. The largest absolute Gasteiger partial charge is 0.369 e. The predicted octanol–water partition coefficient (Wildman–Crippen LogP) is 4.56. The summed E-state index contributed by atoms with van der Waals surface area (Å²) in [6.45, 7) is 5.00. The van der Waals surface area contributed by atoms with Gasteiger partial charge >= 0.3 is 0 Å². The van der Waals surface area contributed by atoms with Crippen LogP contribution in [0, 0.1) is 0 Å². The molecule has 2 amide bonds. The van der Waals surface area contributed by atoms with E-state index in [1.54, 1.807) is 18.0 Å². The molecule has 0 spiro atoms. The van der Waals surface area contributed by atoms with Gasteiger partial charge < -0.3 is 20.0 Å². The van der Waals surface area contributed by atoms with Crippen molar-refractivity contribution in [3.05, 3.63) is 52.5 Å². The van der Waals surface area contributed by atoms with Crippen molar-refractivity contribution in [2.75, 3.05) is 67.6 Å². The van der Waals surface area contributed by atoms with Crippen LogP contribution in [-0.4, -0.2) is 75.6 Å². The second-order valence-electron chi connectivity index (χ2n) is 10.2. The third-order valence-electron chi connectivity index (χ3n) is 7.90. The van der Waals surface area contributed by atoms with Crippen molar-refractivity contribution < 1.29 is 18.4 Å². The van der Waals surface area contributed by atoms with Gasteiger partial charge in [0.2, 0.25) is 5.91 Å². The van der Waals surface area contributed by atoms with Crippen LogP contribution in [0.4, 0.5) is 25.8 Å². The number of carbonyl (C=O) groups is 2. The molecule has 2 saturated heterocycles. The maximum Gasteiger partial charge on any atom is 0.265 e. The van der Waals surface area contributed by atoms with E-state index in [0.717, 1.165) is 63.2 Å². The van der Waals surface area contributed by atoms with Crippen molar-refractivity contribution in [2.24, 2.45) is 0 Å². The van der Waals surface area contributed by atoms with Crippen LogP contribution >= 0.6 is 11.6 Å². The summed E-state index contributed by atoms with van der Waals surface area (Å²) >= 11 is 6.06. The Labute approximate surface area is 227 Å². The zero-order chi connectivity index (χ0) is 26.8. The molecule has 0 aliphatic carbocycles. The number of hydrogen-bond donors (Lipinski definition) is 1. The highest BCUT2D eigenvalue weighted by Crippen LogP contribution is 2.39. The molecule has 0 saturated carbocycles. The minimum Gasteiger partial charge on any atom is -0.369 e. The number of hydrogen-bond acceptors (Lipinski definition) is 5. The van der Waals surface area contributed by atoms with E-state index in [0.29, 0.717) is 35.9 Å². The van der Waals surface area contributed by atoms with Gasteiger partial charge in [0.05, 0.1) is 11.4 Å². The fourth-order valence-electron chi connectivity index (χ4n) is 5.79. The average Bonchev–Trinajstić information content (AvgIpc) is 2.93. The summed E-state index contributed by atoms with van der Waals surface area (Å²) in [5.74, 6) is -0.0598. The Morgan fingerprint density at radius 3 is 2.58 bits per heavy atom. The van der Waals surface area contributed by atoms with Gasteiger partial charge in [0, 0.05) is 68.2 Å². The van der Waals surface area contributed by atoms with Crippen LogP contribution in [0.15, 0.2) is 36.4 Å². The lowest BCUT2D eigenvalue weighted by Gasteiger charge is -2.44. The Bertz CT molecular complexity index is 1190. The third-order valence-corrected chi connectivity index (χ3v) is 8.14. The Hall–Kier alpha value is -2.91. The summed E-state index contributed by atoms with van der Waals surface area (Å²) in [6.07, 6.45) is 1.25. The van der Waals surface area contributed by atoms with Crippen LogP contribution in [0.25, 0.3) is 0 Å². The van der Waals surface area contributed by atoms with Crippen molar-refractivity contribution in [3.8, 4) is 0 Å². The van der Waals surface area contributed by atoms with Crippen molar-refractivity contribution in [2.45, 2.75) is 38.2 Å². The van der Waals surface area contributed by atoms with Gasteiger partial charge in [0.1, 0.15) is 6.04 Å². The molecule has 0 aromatic heterocycles. The highest BCUT2D eigenvalue weighted by molar-refractivity contribution is 6.30. The predicted molar refractivity (Wildman–Crippen MR) is 147 cm³/mol. The van der Waals surface area contributed by atoms with Gasteiger partial charge in [0.25, 0.3) is 12.3 Å². The van der Waals surface area contributed by atoms with Gasteiger partial charge in [-0.3, -0.25) is 14.5 Å². The van der Waals surface area contributed by atoms with Crippen LogP contribution in [0.1, 0.15) is 48.0 Å². The Morgan fingerprint density at radius 1 is 1.03 bits per heavy atom. The fraction of sp³-hybridized carbons (Fsp3) is 0.500. The zero-order valence-corrected chi connectivity index (χ0v) is 22.4. The number of fused-ring (bicyclic) bond motifs is 3. The molecular weight excluding hydrogens is 512 g/mol. The Kier molecular flexibility index (Phi) is 8.04. The molecule has 1 N–H and O–H groups in total. The van der Waals surface area contributed by atoms with Crippen molar-refractivity contribution >= 4 is 40.5 Å². The monoisotopic (exact) mass is 545 g/mol. The summed E-state index contributed by atoms with van der Waals surface area (Å²) in [6, 6.07) is 10.0. The summed E-state index contributed by atoms with van der Waals surface area (Å²) in [5.41, 5.74) is 2.87. The minimum atomic E-state index is -2.54. The van der Waals surface area contributed by atoms with E-state index < -0.39 is 6.43 Å². The number of carbonyl (C=O) groups excluding carboxylic acids is 2. The topological polar surface area (TPSA) is 59.1 Å². The van der Waals surface area contributed by atoms with E-state index in [2.05, 4.69) is 15.1 Å². The lowest BCUT2D eigenvalue weighted by Crippen LogP contribution is -2.54. The van der Waals surface area contributed by atoms with Crippen LogP contribution in [-0.2, 0) is 4.79 Å². The number of anilines is 3. The Morgan fingerprint density at radius 2 is 1.82 bits per heavy atom. The van der Waals surface area contributed by atoms with E-state index in [-0.39, 0.29) is 23.4 Å². The van der Waals surface area contributed by atoms with Crippen molar-refractivity contribution in [1.82, 2.24) is 10.2 Å². The molecule has 2 fully saturated rings. The first kappa shape index (κ1) is 26.7. The standard InChI is InChI=1S/C28H34ClF2N5O2/c1-33-25-17-19(6-9-22(25)36-12-3-2-5-23(36)28(33)38)27(37)32-10-4-11-34-13-15-35(16-14-34)24-18-20(29)7-8-21(24)26(30)31/h6-9,17-18,23,26H,2-5,10-16H2,1H3,(H,32,37). The molecular formula is C28H34ClF2N5O2. The van der Waals surface area contributed by atoms with E-state index in [1.165, 1.54) is 12.1 Å². The van der Waals surface area contributed by atoms with Crippen LogP contribution < -0.4 is 20.0 Å². The molecule has 3 heterocycles. The van der Waals surface area contributed by atoms with Gasteiger partial charge in [-0.25, -0.2) is 8.78 Å². The summed E-state index contributed by atoms with van der Waals surface area (Å²) < 4.78 is 26.9. The molecule has 2 aromatic carbocycles. The first-order valence-electron chi connectivity index (χ1n) is 13.3. The quantitative estimate of drug-likeness (QED) is 0.517. The lowest BCUT2D eigenvalue weighted by molar-refractivity contribution is -0.120. The number of piperidine rings is 1. The first-order valence-corrected chi connectivity index (χ1v) is 13.7. The average molecular weight is 546 g/mol. The molecule has 0 radical (unpaired) electrons. The van der Waals surface area contributed by atoms with Gasteiger partial charge in [0.15, 0.2) is 0 Å². The molecule has 10 heteroatoms. The minimum absolute atomic E-state index is 0.0130. The zero-order valence-electron chi connectivity index (χ0n) is 21.6. The van der Waals surface area contributed by atoms with E-state index >= 15 is 0 Å². The highest BCUT2D eigenvalue weighted by Gasteiger charge is 2.38. The SMILES string of the molecule is CN1C(=O)C2CCCCN2c2ccc(C(=O)NCCCN3CCN(c4cc(Cl)ccc4C(F)F)CC3)cc21. The lowest BCUT2D eigenvalue weighted by atomic mass is 9.96. The van der Waals surface area contributed by atoms with Crippen molar-refractivity contribution in [3.63, 3.8) is 0 Å². The van der Waals surface area contributed by atoms with Gasteiger partial charge in [-0.15, -0.1) is 0 Å². The number of nitrogens with one attached hydrogen (secondary N) is 1. The van der Waals surface area contributed by atoms with E-state index in [9.17, 15) is 18.4 Å². The third kappa shape index (κ3) is 5.45. The number of halogens is 3. The molecule has 7 nitrogen and oxygen atoms in total. The molecule has 3 aliphatic heterocycles. The fourth-order valence-corrected chi connectivity index (χ4v) is 5.96. The maximum atomic E-state index is 13.4. The molecule has 0 bridgehead atoms. The molecule has 2 aromatic rings. The molecule has 3 aliphatic rings. The normalized spacial score (nSPS) is 20.0. The summed E-state index contributed by atoms with van der Waals surface area (Å²) in [5, 5.41) is 3.45. The second kappa shape index (κ2) is 11.5. The van der Waals surface area contributed by atoms with Crippen LogP contribution in [0.3, 0.4) is 0 Å². The number of amides is 2. The number of rotatable bonds is 7. The molecule has 204 valence electrons. The molecule has 38 heavy (non-hydrogen) atoms. The molecule has 5 rings (SSSR count). The van der Waals surface area contributed by atoms with Gasteiger partial charge in [-0.05, 0) is 68.6 Å². The van der Waals surface area contributed by atoms with Gasteiger partial charge in [-0.2, -0.15) is 0 Å². The van der Waals surface area contributed by atoms with E-state index in [1.807, 2.05) is 23.1 Å². The van der Waals surface area contributed by atoms with Gasteiger partial charge in [-0.1, -0.05) is 11.6 Å². The van der Waals surface area contributed by atoms with Crippen LogP contribution in [0.5, 0.6) is 0 Å². The molecule has 1 unspecified atom stereocenters. The van der Waals surface area contributed by atoms with E-state index in [4.69, 9.17) is 11.6 Å². The van der Waals surface area contributed by atoms with Crippen molar-refractivity contribution in [1.29, 1.82) is 0 Å². The first-order chi connectivity index (χ1) is 18.3. The smallest absolute Gasteiger partial charge is 0.265 e. The number of alkyl halides is 2. The Balaban J connectivity index is 1.10. The highest BCUT2D eigenvalue weighted by atomic mass is 35.5. The maximum absolute atomic E-state index is 13.4. The number of nitrogens with zero attached hydrogens (tertiary/aromatic N) is 4.